The zero-order valence-corrected chi connectivity index (χ0v) is 14.7. The Balaban J connectivity index is 1.32. The molecule has 2 fully saturated rings. The van der Waals surface area contributed by atoms with E-state index in [1.54, 1.807) is 0 Å². The summed E-state index contributed by atoms with van der Waals surface area (Å²) in [6.07, 6.45) is 3.91. The van der Waals surface area contributed by atoms with E-state index in [-0.39, 0.29) is 29.5 Å². The normalized spacial score (nSPS) is 20.0. The minimum atomic E-state index is 0.0548. The minimum absolute atomic E-state index is 0.0548. The molecule has 2 aliphatic rings. The van der Waals surface area contributed by atoms with Crippen molar-refractivity contribution in [3.8, 4) is 23.2 Å². The quantitative estimate of drug-likeness (QED) is 0.701. The first-order chi connectivity index (χ1) is 13.3. The molecule has 1 aliphatic heterocycles. The van der Waals surface area contributed by atoms with Gasteiger partial charge in [-0.2, -0.15) is 4.98 Å². The molecule has 3 aromatic rings. The van der Waals surface area contributed by atoms with Crippen molar-refractivity contribution in [1.29, 1.82) is 0 Å². The molecule has 1 amide bonds. The Kier molecular flexibility index (Phi) is 3.95. The lowest BCUT2D eigenvalue weighted by Gasteiger charge is -2.31. The highest BCUT2D eigenvalue weighted by molar-refractivity contribution is 5.81. The van der Waals surface area contributed by atoms with Crippen LogP contribution in [0, 0.1) is 5.92 Å². The van der Waals surface area contributed by atoms with Gasteiger partial charge in [-0.25, -0.2) is 0 Å². The topological polar surface area (TPSA) is 98.2 Å². The fourth-order valence-electron chi connectivity index (χ4n) is 3.47. The predicted octanol–water partition coefficient (Wildman–Crippen LogP) is 2.90. The highest BCUT2D eigenvalue weighted by atomic mass is 16.5. The third-order valence-electron chi connectivity index (χ3n) is 5.09. The molecule has 1 aliphatic carbocycles. The van der Waals surface area contributed by atoms with Gasteiger partial charge in [-0.05, 0) is 37.8 Å². The number of likely N-dealkylation sites (tertiary alicyclic amines) is 1. The van der Waals surface area contributed by atoms with Crippen molar-refractivity contribution in [2.75, 3.05) is 13.1 Å². The number of carbonyl (C=O) groups is 1. The molecule has 1 saturated heterocycles. The van der Waals surface area contributed by atoms with Crippen molar-refractivity contribution in [3.63, 3.8) is 0 Å². The van der Waals surface area contributed by atoms with Crippen molar-refractivity contribution in [3.05, 3.63) is 36.2 Å². The molecule has 1 aromatic carbocycles. The van der Waals surface area contributed by atoms with Gasteiger partial charge in [-0.15, -0.1) is 10.2 Å². The first-order valence-corrected chi connectivity index (χ1v) is 9.29. The molecule has 8 nitrogen and oxygen atoms in total. The van der Waals surface area contributed by atoms with Crippen LogP contribution in [0.4, 0.5) is 0 Å². The van der Waals surface area contributed by atoms with Crippen LogP contribution >= 0.6 is 0 Å². The van der Waals surface area contributed by atoms with E-state index in [1.165, 1.54) is 0 Å². The molecule has 0 spiro atoms. The Hall–Kier alpha value is -3.03. The summed E-state index contributed by atoms with van der Waals surface area (Å²) in [5.74, 6) is 2.00. The van der Waals surface area contributed by atoms with E-state index < -0.39 is 0 Å². The van der Waals surface area contributed by atoms with Crippen LogP contribution in [0.2, 0.25) is 0 Å². The second-order valence-corrected chi connectivity index (χ2v) is 7.13. The fourth-order valence-corrected chi connectivity index (χ4v) is 3.47. The van der Waals surface area contributed by atoms with E-state index in [1.807, 2.05) is 35.2 Å². The highest BCUT2D eigenvalue weighted by Crippen LogP contribution is 2.34. The van der Waals surface area contributed by atoms with Gasteiger partial charge in [0.05, 0.1) is 5.92 Å². The minimum Gasteiger partial charge on any atom is -0.413 e. The van der Waals surface area contributed by atoms with E-state index in [0.717, 1.165) is 37.8 Å². The monoisotopic (exact) mass is 365 g/mol. The van der Waals surface area contributed by atoms with E-state index >= 15 is 0 Å². The average Bonchev–Trinajstić information content (AvgIpc) is 3.25. The molecule has 0 radical (unpaired) electrons. The van der Waals surface area contributed by atoms with Crippen LogP contribution in [0.25, 0.3) is 23.2 Å². The molecular formula is C19H19N5O3. The van der Waals surface area contributed by atoms with E-state index in [4.69, 9.17) is 8.94 Å². The van der Waals surface area contributed by atoms with E-state index in [0.29, 0.717) is 18.3 Å². The molecule has 1 unspecified atom stereocenters. The molecule has 138 valence electrons. The summed E-state index contributed by atoms with van der Waals surface area (Å²) in [7, 11) is 0. The number of amides is 1. The number of hydrogen-bond acceptors (Lipinski definition) is 7. The van der Waals surface area contributed by atoms with E-state index in [2.05, 4.69) is 20.3 Å². The van der Waals surface area contributed by atoms with Gasteiger partial charge in [-0.1, -0.05) is 23.4 Å². The Morgan fingerprint density at radius 3 is 2.70 bits per heavy atom. The molecule has 27 heavy (non-hydrogen) atoms. The molecule has 5 rings (SSSR count). The smallest absolute Gasteiger partial charge is 0.289 e. The van der Waals surface area contributed by atoms with Gasteiger partial charge in [-0.3, -0.25) is 4.79 Å². The summed E-state index contributed by atoms with van der Waals surface area (Å²) < 4.78 is 11.1. The Morgan fingerprint density at radius 2 is 1.89 bits per heavy atom. The second kappa shape index (κ2) is 6.61. The van der Waals surface area contributed by atoms with Gasteiger partial charge in [0.25, 0.3) is 11.7 Å². The molecule has 1 atom stereocenters. The van der Waals surface area contributed by atoms with Gasteiger partial charge in [0.2, 0.25) is 17.7 Å². The summed E-state index contributed by atoms with van der Waals surface area (Å²) in [6, 6.07) is 9.53. The standard InChI is InChI=1S/C19H19N5O3/c25-19(13-8-9-13)24-10-4-7-14(11-24)16-20-15(23-27-16)18-22-21-17(26-18)12-5-2-1-3-6-12/h1-3,5-6,13-14H,4,7-11H2. The van der Waals surface area contributed by atoms with Crippen LogP contribution in [0.1, 0.15) is 37.5 Å². The van der Waals surface area contributed by atoms with Crippen molar-refractivity contribution in [2.45, 2.75) is 31.6 Å². The fraction of sp³-hybridized carbons (Fsp3) is 0.421. The van der Waals surface area contributed by atoms with Gasteiger partial charge < -0.3 is 13.8 Å². The molecule has 1 saturated carbocycles. The second-order valence-electron chi connectivity index (χ2n) is 7.13. The Morgan fingerprint density at radius 1 is 1.07 bits per heavy atom. The largest absolute Gasteiger partial charge is 0.413 e. The highest BCUT2D eigenvalue weighted by Gasteiger charge is 2.36. The molecule has 0 N–H and O–H groups in total. The lowest BCUT2D eigenvalue weighted by atomic mass is 9.97. The van der Waals surface area contributed by atoms with Crippen LogP contribution in [0.3, 0.4) is 0 Å². The van der Waals surface area contributed by atoms with Crippen LogP contribution in [0.5, 0.6) is 0 Å². The maximum Gasteiger partial charge on any atom is 0.289 e. The van der Waals surface area contributed by atoms with Crippen molar-refractivity contribution < 1.29 is 13.7 Å². The van der Waals surface area contributed by atoms with E-state index in [9.17, 15) is 4.79 Å². The Bertz CT molecular complexity index is 947. The number of rotatable bonds is 4. The van der Waals surface area contributed by atoms with Gasteiger partial charge in [0.1, 0.15) is 0 Å². The maximum atomic E-state index is 12.3. The van der Waals surface area contributed by atoms with Crippen molar-refractivity contribution >= 4 is 5.91 Å². The van der Waals surface area contributed by atoms with Gasteiger partial charge >= 0.3 is 0 Å². The number of benzene rings is 1. The SMILES string of the molecule is O=C(C1CC1)N1CCCC(c2nc(-c3nnc(-c4ccccc4)o3)no2)C1. The van der Waals surface area contributed by atoms with Crippen LogP contribution in [-0.4, -0.2) is 44.2 Å². The first kappa shape index (κ1) is 16.2. The number of hydrogen-bond donors (Lipinski definition) is 0. The Labute approximate surface area is 155 Å². The summed E-state index contributed by atoms with van der Waals surface area (Å²) in [5, 5.41) is 12.1. The number of piperidine rings is 1. The third kappa shape index (κ3) is 3.22. The lowest BCUT2D eigenvalue weighted by Crippen LogP contribution is -2.40. The van der Waals surface area contributed by atoms with Gasteiger partial charge in [0.15, 0.2) is 0 Å². The molecular weight excluding hydrogens is 346 g/mol. The maximum absolute atomic E-state index is 12.3. The summed E-state index contributed by atoms with van der Waals surface area (Å²) in [6.45, 7) is 1.45. The number of aromatic nitrogens is 4. The molecule has 8 heteroatoms. The van der Waals surface area contributed by atoms with Crippen LogP contribution in [-0.2, 0) is 4.79 Å². The predicted molar refractivity (Wildman–Crippen MR) is 94.3 cm³/mol. The van der Waals surface area contributed by atoms with Crippen LogP contribution in [0.15, 0.2) is 39.3 Å². The zero-order valence-electron chi connectivity index (χ0n) is 14.7. The first-order valence-electron chi connectivity index (χ1n) is 9.29. The van der Waals surface area contributed by atoms with Crippen molar-refractivity contribution in [2.24, 2.45) is 5.92 Å². The number of carbonyl (C=O) groups excluding carboxylic acids is 1. The van der Waals surface area contributed by atoms with Crippen molar-refractivity contribution in [1.82, 2.24) is 25.2 Å². The summed E-state index contributed by atoms with van der Waals surface area (Å²) in [4.78, 5) is 18.7. The van der Waals surface area contributed by atoms with Crippen LogP contribution < -0.4 is 0 Å². The summed E-state index contributed by atoms with van der Waals surface area (Å²) in [5.41, 5.74) is 0.835. The van der Waals surface area contributed by atoms with Gasteiger partial charge in [0, 0.05) is 24.6 Å². The molecule has 0 bridgehead atoms. The third-order valence-corrected chi connectivity index (χ3v) is 5.09. The zero-order chi connectivity index (χ0) is 18.2. The average molecular weight is 365 g/mol. The summed E-state index contributed by atoms with van der Waals surface area (Å²) >= 11 is 0. The molecule has 3 heterocycles. The lowest BCUT2D eigenvalue weighted by molar-refractivity contribution is -0.133. The molecule has 2 aromatic heterocycles. The number of nitrogens with zero attached hydrogens (tertiary/aromatic N) is 5.